The molecule has 32 heavy (non-hydrogen) atoms. The van der Waals surface area contributed by atoms with Crippen LogP contribution in [0.1, 0.15) is 46.5 Å². The number of ether oxygens (including phenoxy) is 1. The summed E-state index contributed by atoms with van der Waals surface area (Å²) in [5.74, 6) is 1.65. The van der Waals surface area contributed by atoms with Crippen LogP contribution in [0.3, 0.4) is 0 Å². The van der Waals surface area contributed by atoms with Gasteiger partial charge in [-0.05, 0) is 32.3 Å². The van der Waals surface area contributed by atoms with E-state index in [1.165, 1.54) is 0 Å². The average molecular weight is 446 g/mol. The Bertz CT molecular complexity index is 746. The van der Waals surface area contributed by atoms with Crippen LogP contribution in [-0.4, -0.2) is 85.3 Å². The maximum absolute atomic E-state index is 12.7. The Kier molecular flexibility index (Phi) is 8.67. The maximum Gasteiger partial charge on any atom is 0.225 e. The summed E-state index contributed by atoms with van der Waals surface area (Å²) < 4.78 is 5.97. The highest BCUT2D eigenvalue weighted by Gasteiger charge is 2.53. The van der Waals surface area contributed by atoms with Crippen molar-refractivity contribution in [2.75, 3.05) is 51.3 Å². The van der Waals surface area contributed by atoms with Crippen LogP contribution < -0.4 is 15.5 Å². The van der Waals surface area contributed by atoms with E-state index >= 15 is 0 Å². The zero-order valence-corrected chi connectivity index (χ0v) is 20.0. The molecular formula is C23H39N7O2. The fourth-order valence-corrected chi connectivity index (χ4v) is 5.00. The van der Waals surface area contributed by atoms with E-state index in [1.807, 2.05) is 11.0 Å². The molecule has 2 N–H and O–H groups in total. The van der Waals surface area contributed by atoms with Gasteiger partial charge in [0.2, 0.25) is 11.9 Å². The predicted octanol–water partition coefficient (Wildman–Crippen LogP) is 1.66. The summed E-state index contributed by atoms with van der Waals surface area (Å²) in [7, 11) is 1.78. The van der Waals surface area contributed by atoms with Crippen molar-refractivity contribution in [3.63, 3.8) is 0 Å². The quantitative estimate of drug-likeness (QED) is 0.441. The van der Waals surface area contributed by atoms with Crippen LogP contribution in [0.25, 0.3) is 0 Å². The fraction of sp³-hybridized carbons (Fsp3) is 0.739. The molecule has 0 radical (unpaired) electrons. The molecule has 0 bridgehead atoms. The van der Waals surface area contributed by atoms with Crippen LogP contribution in [-0.2, 0) is 9.53 Å². The Morgan fingerprint density at radius 3 is 2.47 bits per heavy atom. The number of rotatable bonds is 9. The first-order valence-electron chi connectivity index (χ1n) is 12.0. The number of hydrogen-bond donors (Lipinski definition) is 2. The van der Waals surface area contributed by atoms with Gasteiger partial charge in [-0.1, -0.05) is 13.8 Å². The summed E-state index contributed by atoms with van der Waals surface area (Å²) in [6.45, 7) is 10.7. The smallest absolute Gasteiger partial charge is 0.225 e. The number of nitrogens with one attached hydrogen (secondary N) is 2. The molecule has 2 aliphatic rings. The topological polar surface area (TPSA) is 95.0 Å². The second-order valence-corrected chi connectivity index (χ2v) is 8.48. The molecule has 1 aromatic heterocycles. The van der Waals surface area contributed by atoms with Gasteiger partial charge in [-0.3, -0.25) is 9.79 Å². The van der Waals surface area contributed by atoms with E-state index in [4.69, 9.17) is 4.74 Å². The van der Waals surface area contributed by atoms with E-state index in [0.29, 0.717) is 38.2 Å². The monoisotopic (exact) mass is 445 g/mol. The van der Waals surface area contributed by atoms with E-state index in [2.05, 4.69) is 51.3 Å². The number of nitrogens with zero attached hydrogens (tertiary/aromatic N) is 5. The molecule has 2 atom stereocenters. The molecule has 178 valence electrons. The molecule has 2 heterocycles. The number of anilines is 1. The molecular weight excluding hydrogens is 406 g/mol. The third kappa shape index (κ3) is 5.31. The number of aliphatic imine (C=N–C) groups is 1. The summed E-state index contributed by atoms with van der Waals surface area (Å²) in [5.41, 5.74) is 0.144. The van der Waals surface area contributed by atoms with Crippen molar-refractivity contribution in [2.24, 2.45) is 10.4 Å². The summed E-state index contributed by atoms with van der Waals surface area (Å²) in [6, 6.07) is 2.15. The zero-order chi connectivity index (χ0) is 23.0. The number of carbonyl (C=O) groups excluding carboxylic acids is 1. The summed E-state index contributed by atoms with van der Waals surface area (Å²) in [5, 5.41) is 6.90. The molecule has 2 fully saturated rings. The first-order chi connectivity index (χ1) is 15.6. The molecule has 0 spiro atoms. The standard InChI is InChI=1S/C23H39N7O2/c1-5-23(6-2)18(17-19(23)32-7-3)28-21(24-4)25-12-9-20(31)29-13-15-30(16-14-29)22-26-10-8-11-27-22/h8,10-11,18-19H,5-7,9,12-17H2,1-4H3,(H2,24,25,28). The first kappa shape index (κ1) is 24.2. The number of carbonyl (C=O) groups is 1. The highest BCUT2D eigenvalue weighted by Crippen LogP contribution is 2.48. The Morgan fingerprint density at radius 1 is 1.19 bits per heavy atom. The van der Waals surface area contributed by atoms with Crippen LogP contribution in [0.2, 0.25) is 0 Å². The molecule has 1 aliphatic heterocycles. The molecule has 1 aliphatic carbocycles. The van der Waals surface area contributed by atoms with Crippen molar-refractivity contribution in [3.05, 3.63) is 18.5 Å². The normalized spacial score (nSPS) is 22.9. The molecule has 3 rings (SSSR count). The third-order valence-electron chi connectivity index (χ3n) is 7.10. The molecule has 0 aromatic carbocycles. The number of aromatic nitrogens is 2. The lowest BCUT2D eigenvalue weighted by molar-refractivity contribution is -0.133. The van der Waals surface area contributed by atoms with Crippen molar-refractivity contribution in [1.29, 1.82) is 0 Å². The molecule has 1 saturated heterocycles. The largest absolute Gasteiger partial charge is 0.378 e. The van der Waals surface area contributed by atoms with Gasteiger partial charge in [0.15, 0.2) is 5.96 Å². The van der Waals surface area contributed by atoms with E-state index in [0.717, 1.165) is 50.9 Å². The Hall–Kier alpha value is -2.42. The Labute approximate surface area is 192 Å². The van der Waals surface area contributed by atoms with E-state index < -0.39 is 0 Å². The van der Waals surface area contributed by atoms with Crippen LogP contribution in [0.15, 0.2) is 23.5 Å². The number of guanidine groups is 1. The summed E-state index contributed by atoms with van der Waals surface area (Å²) >= 11 is 0. The average Bonchev–Trinajstić information content (AvgIpc) is 2.83. The number of hydrogen-bond acceptors (Lipinski definition) is 6. The second-order valence-electron chi connectivity index (χ2n) is 8.48. The van der Waals surface area contributed by atoms with Crippen LogP contribution in [0, 0.1) is 5.41 Å². The van der Waals surface area contributed by atoms with Crippen molar-refractivity contribution in [3.8, 4) is 0 Å². The molecule has 1 amide bonds. The van der Waals surface area contributed by atoms with E-state index in [1.54, 1.807) is 19.4 Å². The van der Waals surface area contributed by atoms with E-state index in [9.17, 15) is 4.79 Å². The molecule has 9 nitrogen and oxygen atoms in total. The second kappa shape index (κ2) is 11.4. The number of amides is 1. The van der Waals surface area contributed by atoms with Gasteiger partial charge in [-0.25, -0.2) is 9.97 Å². The van der Waals surface area contributed by atoms with Gasteiger partial charge < -0.3 is 25.2 Å². The first-order valence-corrected chi connectivity index (χ1v) is 12.0. The summed E-state index contributed by atoms with van der Waals surface area (Å²) in [4.78, 5) is 29.7. The fourth-order valence-electron chi connectivity index (χ4n) is 5.00. The van der Waals surface area contributed by atoms with Gasteiger partial charge in [-0.2, -0.15) is 0 Å². The van der Waals surface area contributed by atoms with Crippen molar-refractivity contribution in [1.82, 2.24) is 25.5 Å². The molecule has 1 saturated carbocycles. The zero-order valence-electron chi connectivity index (χ0n) is 20.0. The lowest BCUT2D eigenvalue weighted by atomic mass is 9.58. The minimum atomic E-state index is 0.144. The molecule has 9 heteroatoms. The highest BCUT2D eigenvalue weighted by atomic mass is 16.5. The minimum absolute atomic E-state index is 0.144. The SMILES string of the molecule is CCOC1CC(NC(=NC)NCCC(=O)N2CCN(c3ncccn3)CC2)C1(CC)CC. The van der Waals surface area contributed by atoms with Crippen LogP contribution in [0.4, 0.5) is 5.95 Å². The maximum atomic E-state index is 12.7. The van der Waals surface area contributed by atoms with Crippen molar-refractivity contribution in [2.45, 2.75) is 58.6 Å². The lowest BCUT2D eigenvalue weighted by Crippen LogP contribution is -2.65. The Balaban J connectivity index is 1.41. The van der Waals surface area contributed by atoms with Gasteiger partial charge in [0.05, 0.1) is 6.10 Å². The lowest BCUT2D eigenvalue weighted by Gasteiger charge is -2.55. The highest BCUT2D eigenvalue weighted by molar-refractivity contribution is 5.81. The summed E-state index contributed by atoms with van der Waals surface area (Å²) in [6.07, 6.45) is 7.38. The van der Waals surface area contributed by atoms with Crippen molar-refractivity contribution < 1.29 is 9.53 Å². The van der Waals surface area contributed by atoms with E-state index in [-0.39, 0.29) is 11.3 Å². The van der Waals surface area contributed by atoms with Gasteiger partial charge >= 0.3 is 0 Å². The van der Waals surface area contributed by atoms with Crippen molar-refractivity contribution >= 4 is 17.8 Å². The predicted molar refractivity (Wildman–Crippen MR) is 127 cm³/mol. The molecule has 2 unspecified atom stereocenters. The van der Waals surface area contributed by atoms with Gasteiger partial charge in [0.25, 0.3) is 0 Å². The Morgan fingerprint density at radius 2 is 1.88 bits per heavy atom. The third-order valence-corrected chi connectivity index (χ3v) is 7.10. The molecule has 1 aromatic rings. The van der Waals surface area contributed by atoms with Crippen LogP contribution in [0.5, 0.6) is 0 Å². The minimum Gasteiger partial charge on any atom is -0.378 e. The van der Waals surface area contributed by atoms with Gasteiger partial charge in [-0.15, -0.1) is 0 Å². The van der Waals surface area contributed by atoms with Gasteiger partial charge in [0.1, 0.15) is 0 Å². The number of piperazine rings is 1. The van der Waals surface area contributed by atoms with Gasteiger partial charge in [0, 0.05) is 76.6 Å². The van der Waals surface area contributed by atoms with Crippen LogP contribution >= 0.6 is 0 Å².